The second kappa shape index (κ2) is 9.71. The summed E-state index contributed by atoms with van der Waals surface area (Å²) in [5, 5.41) is 6.20. The molecule has 1 aromatic carbocycles. The molecule has 0 aliphatic carbocycles. The summed E-state index contributed by atoms with van der Waals surface area (Å²) in [6.45, 7) is 6.19. The fraction of sp³-hybridized carbons (Fsp3) is 0.522. The van der Waals surface area contributed by atoms with E-state index in [-0.39, 0.29) is 11.7 Å². The van der Waals surface area contributed by atoms with Crippen LogP contribution in [0, 0.1) is 5.92 Å². The van der Waals surface area contributed by atoms with Crippen molar-refractivity contribution < 1.29 is 9.32 Å². The Morgan fingerprint density at radius 2 is 2.03 bits per heavy atom. The normalized spacial score (nSPS) is 16.3. The van der Waals surface area contributed by atoms with Gasteiger partial charge >= 0.3 is 0 Å². The Kier molecular flexibility index (Phi) is 6.79. The van der Waals surface area contributed by atoms with Crippen molar-refractivity contribution in [1.29, 1.82) is 0 Å². The lowest BCUT2D eigenvalue weighted by Crippen LogP contribution is -2.44. The lowest BCUT2D eigenvalue weighted by molar-refractivity contribution is 0.0960. The van der Waals surface area contributed by atoms with E-state index in [4.69, 9.17) is 4.52 Å². The van der Waals surface area contributed by atoms with Gasteiger partial charge < -0.3 is 14.3 Å². The van der Waals surface area contributed by atoms with Gasteiger partial charge in [-0.1, -0.05) is 48.4 Å². The number of rotatable bonds is 9. The summed E-state index contributed by atoms with van der Waals surface area (Å²) in [5.74, 6) is 1.34. The van der Waals surface area contributed by atoms with Gasteiger partial charge in [0.05, 0.1) is 11.1 Å². The first-order chi connectivity index (χ1) is 14.6. The first-order valence-electron chi connectivity index (χ1n) is 10.9. The van der Waals surface area contributed by atoms with Crippen LogP contribution in [0.15, 0.2) is 35.0 Å². The summed E-state index contributed by atoms with van der Waals surface area (Å²) in [7, 11) is 2.14. The Morgan fingerprint density at radius 1 is 1.23 bits per heavy atom. The SMILES string of the molecule is CCCCC(CC(=O)c1cnc(N2CCN(C)CC2)s1)Cc1onc2ccccc12. The molecule has 0 amide bonds. The fourth-order valence-corrected chi connectivity index (χ4v) is 4.94. The van der Waals surface area contributed by atoms with Gasteiger partial charge in [0.15, 0.2) is 10.9 Å². The summed E-state index contributed by atoms with van der Waals surface area (Å²) in [4.78, 5) is 23.0. The van der Waals surface area contributed by atoms with Gasteiger partial charge in [0, 0.05) is 44.4 Å². The van der Waals surface area contributed by atoms with E-state index in [2.05, 4.69) is 33.9 Å². The van der Waals surface area contributed by atoms with Gasteiger partial charge in [-0.15, -0.1) is 0 Å². The molecule has 0 saturated carbocycles. The third-order valence-corrected chi connectivity index (χ3v) is 7.01. The van der Waals surface area contributed by atoms with E-state index in [0.29, 0.717) is 6.42 Å². The molecular formula is C23H30N4O2S. The molecular weight excluding hydrogens is 396 g/mol. The molecule has 0 N–H and O–H groups in total. The summed E-state index contributed by atoms with van der Waals surface area (Å²) in [5.41, 5.74) is 0.882. The highest BCUT2D eigenvalue weighted by Gasteiger charge is 2.22. The summed E-state index contributed by atoms with van der Waals surface area (Å²) in [6.07, 6.45) is 6.29. The van der Waals surface area contributed by atoms with Crippen LogP contribution in [0.25, 0.3) is 10.9 Å². The predicted molar refractivity (Wildman–Crippen MR) is 121 cm³/mol. The smallest absolute Gasteiger partial charge is 0.186 e. The molecule has 3 aromatic rings. The number of aromatic nitrogens is 2. The predicted octanol–water partition coefficient (Wildman–Crippen LogP) is 4.66. The third kappa shape index (κ3) is 4.90. The van der Waals surface area contributed by atoms with Crippen LogP contribution < -0.4 is 4.90 Å². The van der Waals surface area contributed by atoms with Crippen molar-refractivity contribution in [2.24, 2.45) is 5.92 Å². The van der Waals surface area contributed by atoms with E-state index in [9.17, 15) is 4.79 Å². The molecule has 3 heterocycles. The van der Waals surface area contributed by atoms with Crippen molar-refractivity contribution >= 4 is 33.2 Å². The Morgan fingerprint density at radius 3 is 2.83 bits per heavy atom. The van der Waals surface area contributed by atoms with Gasteiger partial charge in [-0.2, -0.15) is 0 Å². The largest absolute Gasteiger partial charge is 0.360 e. The van der Waals surface area contributed by atoms with Gasteiger partial charge in [0.25, 0.3) is 0 Å². The van der Waals surface area contributed by atoms with E-state index < -0.39 is 0 Å². The van der Waals surface area contributed by atoms with Gasteiger partial charge in [0.1, 0.15) is 11.3 Å². The van der Waals surface area contributed by atoms with Crippen LogP contribution in [-0.2, 0) is 6.42 Å². The first-order valence-corrected chi connectivity index (χ1v) is 11.7. The summed E-state index contributed by atoms with van der Waals surface area (Å²) < 4.78 is 5.62. The van der Waals surface area contributed by atoms with E-state index in [0.717, 1.165) is 78.5 Å². The van der Waals surface area contributed by atoms with Gasteiger partial charge in [-0.3, -0.25) is 4.79 Å². The molecule has 1 aliphatic heterocycles. The molecule has 2 aromatic heterocycles. The van der Waals surface area contributed by atoms with Crippen molar-refractivity contribution in [3.8, 4) is 0 Å². The Bertz CT molecular complexity index is 974. The van der Waals surface area contributed by atoms with Crippen molar-refractivity contribution in [1.82, 2.24) is 15.0 Å². The standard InChI is InChI=1S/C23H30N4O2S/c1-3-4-7-17(15-21-18-8-5-6-9-19(18)25-29-21)14-20(28)22-16-24-23(30-22)27-12-10-26(2)11-13-27/h5-6,8-9,16-17H,3-4,7,10-15H2,1-2H3. The molecule has 0 radical (unpaired) electrons. The maximum Gasteiger partial charge on any atom is 0.186 e. The molecule has 1 unspecified atom stereocenters. The second-order valence-electron chi connectivity index (χ2n) is 8.26. The molecule has 160 valence electrons. The van der Waals surface area contributed by atoms with Crippen molar-refractivity contribution in [2.75, 3.05) is 38.1 Å². The van der Waals surface area contributed by atoms with Gasteiger partial charge in [-0.05, 0) is 31.5 Å². The van der Waals surface area contributed by atoms with Crippen LogP contribution in [0.5, 0.6) is 0 Å². The van der Waals surface area contributed by atoms with Crippen molar-refractivity contribution in [3.05, 3.63) is 41.1 Å². The van der Waals surface area contributed by atoms with Crippen LogP contribution in [0.1, 0.15) is 48.0 Å². The molecule has 1 aliphatic rings. The molecule has 6 nitrogen and oxygen atoms in total. The number of anilines is 1. The molecule has 4 rings (SSSR count). The van der Waals surface area contributed by atoms with Crippen molar-refractivity contribution in [2.45, 2.75) is 39.0 Å². The third-order valence-electron chi connectivity index (χ3n) is 5.91. The number of carbonyl (C=O) groups is 1. The molecule has 1 atom stereocenters. The average Bonchev–Trinajstić information content (AvgIpc) is 3.40. The first kappa shape index (κ1) is 21.0. The van der Waals surface area contributed by atoms with Crippen LogP contribution in [0.2, 0.25) is 0 Å². The van der Waals surface area contributed by atoms with E-state index in [1.54, 1.807) is 6.20 Å². The monoisotopic (exact) mass is 426 g/mol. The van der Waals surface area contributed by atoms with Gasteiger partial charge in [0.2, 0.25) is 0 Å². The van der Waals surface area contributed by atoms with Crippen LogP contribution in [0.3, 0.4) is 0 Å². The highest BCUT2D eigenvalue weighted by atomic mass is 32.1. The summed E-state index contributed by atoms with van der Waals surface area (Å²) in [6, 6.07) is 7.98. The molecule has 1 saturated heterocycles. The number of likely N-dealkylation sites (N-methyl/N-ethyl adjacent to an activating group) is 1. The highest BCUT2D eigenvalue weighted by molar-refractivity contribution is 7.17. The molecule has 1 fully saturated rings. The number of benzene rings is 1. The topological polar surface area (TPSA) is 62.5 Å². The quantitative estimate of drug-likeness (QED) is 0.464. The van der Waals surface area contributed by atoms with Crippen molar-refractivity contribution in [3.63, 3.8) is 0 Å². The number of ketones is 1. The average molecular weight is 427 g/mol. The zero-order valence-electron chi connectivity index (χ0n) is 17.8. The number of hydrogen-bond donors (Lipinski definition) is 0. The van der Waals surface area contributed by atoms with Crippen LogP contribution in [-0.4, -0.2) is 54.1 Å². The zero-order valence-corrected chi connectivity index (χ0v) is 18.7. The van der Waals surface area contributed by atoms with E-state index in [1.165, 1.54) is 11.3 Å². The molecule has 30 heavy (non-hydrogen) atoms. The number of Topliss-reactive ketones (excluding diaryl/α,β-unsaturated/α-hetero) is 1. The summed E-state index contributed by atoms with van der Waals surface area (Å²) >= 11 is 1.54. The lowest BCUT2D eigenvalue weighted by atomic mass is 9.91. The molecule has 0 spiro atoms. The zero-order chi connectivity index (χ0) is 20.9. The number of piperazine rings is 1. The minimum Gasteiger partial charge on any atom is -0.360 e. The van der Waals surface area contributed by atoms with E-state index >= 15 is 0 Å². The van der Waals surface area contributed by atoms with Crippen LogP contribution >= 0.6 is 11.3 Å². The molecule has 0 bridgehead atoms. The Hall–Kier alpha value is -2.25. The number of fused-ring (bicyclic) bond motifs is 1. The number of thiazole rings is 1. The minimum atomic E-state index is 0.192. The number of hydrogen-bond acceptors (Lipinski definition) is 7. The van der Waals surface area contributed by atoms with Gasteiger partial charge in [-0.25, -0.2) is 4.98 Å². The van der Waals surface area contributed by atoms with E-state index in [1.807, 2.05) is 24.3 Å². The number of unbranched alkanes of at least 4 members (excludes halogenated alkanes) is 1. The van der Waals surface area contributed by atoms with Crippen LogP contribution in [0.4, 0.5) is 5.13 Å². The lowest BCUT2D eigenvalue weighted by Gasteiger charge is -2.32. The fourth-order valence-electron chi connectivity index (χ4n) is 4.02. The Labute approximate surface area is 181 Å². The highest BCUT2D eigenvalue weighted by Crippen LogP contribution is 2.29. The number of nitrogens with zero attached hydrogens (tertiary/aromatic N) is 4. The second-order valence-corrected chi connectivity index (χ2v) is 9.27. The molecule has 7 heteroatoms. The Balaban J connectivity index is 1.43. The minimum absolute atomic E-state index is 0.192. The number of carbonyl (C=O) groups excluding carboxylic acids is 1. The maximum atomic E-state index is 13.1. The maximum absolute atomic E-state index is 13.1.